The van der Waals surface area contributed by atoms with Crippen molar-refractivity contribution in [2.45, 2.75) is 25.5 Å². The molecule has 1 aliphatic rings. The Morgan fingerprint density at radius 1 is 1.45 bits per heavy atom. The summed E-state index contributed by atoms with van der Waals surface area (Å²) < 4.78 is 23.9. The summed E-state index contributed by atoms with van der Waals surface area (Å²) in [7, 11) is 1.58. The minimum Gasteiger partial charge on any atom is -0.382 e. The molecule has 0 radical (unpaired) electrons. The van der Waals surface area contributed by atoms with Crippen LogP contribution < -0.4 is 10.6 Å². The van der Waals surface area contributed by atoms with Gasteiger partial charge in [0.2, 0.25) is 0 Å². The van der Waals surface area contributed by atoms with Crippen LogP contribution in [0.4, 0.5) is 4.39 Å². The number of ether oxygens (including phenoxy) is 2. The zero-order valence-electron chi connectivity index (χ0n) is 12.9. The lowest BCUT2D eigenvalue weighted by Gasteiger charge is -2.23. The molecule has 1 aromatic rings. The summed E-state index contributed by atoms with van der Waals surface area (Å²) in [5, 5.41) is 6.22. The lowest BCUT2D eigenvalue weighted by atomic mass is 10.1. The fraction of sp³-hybridized carbons (Fsp3) is 0.562. The van der Waals surface area contributed by atoms with Crippen molar-refractivity contribution in [1.82, 2.24) is 10.6 Å². The zero-order valence-corrected chi connectivity index (χ0v) is 12.9. The molecule has 1 fully saturated rings. The number of hydrogen-bond donors (Lipinski definition) is 2. The van der Waals surface area contributed by atoms with Crippen LogP contribution in [0.1, 0.15) is 28.8 Å². The third-order valence-corrected chi connectivity index (χ3v) is 3.63. The van der Waals surface area contributed by atoms with Crippen LogP contribution in [-0.4, -0.2) is 45.4 Å². The molecule has 1 aromatic carbocycles. The summed E-state index contributed by atoms with van der Waals surface area (Å²) in [6, 6.07) is 4.49. The molecular formula is C16H23FN2O3. The molecule has 0 bridgehead atoms. The van der Waals surface area contributed by atoms with E-state index < -0.39 is 0 Å². The number of carbonyl (C=O) groups is 1. The number of piperidine rings is 1. The number of carbonyl (C=O) groups excluding carboxylic acids is 1. The third-order valence-electron chi connectivity index (χ3n) is 3.63. The predicted molar refractivity (Wildman–Crippen MR) is 81.3 cm³/mol. The van der Waals surface area contributed by atoms with Gasteiger partial charge in [0.05, 0.1) is 19.8 Å². The topological polar surface area (TPSA) is 59.6 Å². The van der Waals surface area contributed by atoms with Gasteiger partial charge in [-0.1, -0.05) is 0 Å². The standard InChI is InChI=1S/C16H23FN2O3/c1-21-7-8-22-11-13-9-12(4-5-15(13)17)16(20)19-14-3-2-6-18-10-14/h4-5,9,14,18H,2-3,6-8,10-11H2,1H3,(H,19,20)/t14-/m0/s1. The largest absolute Gasteiger partial charge is 0.382 e. The molecule has 6 heteroatoms. The van der Waals surface area contributed by atoms with Crippen LogP contribution in [-0.2, 0) is 16.1 Å². The normalized spacial score (nSPS) is 18.2. The molecule has 1 aliphatic heterocycles. The van der Waals surface area contributed by atoms with Gasteiger partial charge in [-0.15, -0.1) is 0 Å². The molecule has 1 amide bonds. The lowest BCUT2D eigenvalue weighted by molar-refractivity contribution is 0.0603. The van der Waals surface area contributed by atoms with Crippen molar-refractivity contribution >= 4 is 5.91 Å². The Kier molecular flexibility index (Phi) is 6.76. The van der Waals surface area contributed by atoms with Gasteiger partial charge in [0.15, 0.2) is 0 Å². The minimum absolute atomic E-state index is 0.126. The highest BCUT2D eigenvalue weighted by Crippen LogP contribution is 2.13. The third kappa shape index (κ3) is 5.05. The number of methoxy groups -OCH3 is 1. The highest BCUT2D eigenvalue weighted by atomic mass is 19.1. The molecule has 122 valence electrons. The molecule has 1 heterocycles. The second kappa shape index (κ2) is 8.82. The Bertz CT molecular complexity index is 490. The fourth-order valence-electron chi connectivity index (χ4n) is 2.39. The molecule has 0 unspecified atom stereocenters. The van der Waals surface area contributed by atoms with E-state index in [1.807, 2.05) is 0 Å². The molecule has 22 heavy (non-hydrogen) atoms. The Hall–Kier alpha value is -1.50. The number of amides is 1. The molecule has 0 aliphatic carbocycles. The number of nitrogens with one attached hydrogen (secondary N) is 2. The molecule has 1 saturated heterocycles. The van der Waals surface area contributed by atoms with Crippen LogP contribution in [0, 0.1) is 5.82 Å². The average molecular weight is 310 g/mol. The quantitative estimate of drug-likeness (QED) is 0.749. The van der Waals surface area contributed by atoms with Crippen LogP contribution in [0.2, 0.25) is 0 Å². The van der Waals surface area contributed by atoms with Gasteiger partial charge in [-0.2, -0.15) is 0 Å². The second-order valence-electron chi connectivity index (χ2n) is 5.37. The van der Waals surface area contributed by atoms with E-state index >= 15 is 0 Å². The molecule has 2 rings (SSSR count). The number of rotatable bonds is 7. The Labute approximate surface area is 130 Å². The Morgan fingerprint density at radius 3 is 3.05 bits per heavy atom. The van der Waals surface area contributed by atoms with E-state index in [1.165, 1.54) is 12.1 Å². The van der Waals surface area contributed by atoms with Crippen LogP contribution >= 0.6 is 0 Å². The van der Waals surface area contributed by atoms with Gasteiger partial charge < -0.3 is 20.1 Å². The molecule has 5 nitrogen and oxygen atoms in total. The van der Waals surface area contributed by atoms with Crippen molar-refractivity contribution in [3.05, 3.63) is 35.1 Å². The van der Waals surface area contributed by atoms with Gasteiger partial charge in [-0.05, 0) is 37.6 Å². The van der Waals surface area contributed by atoms with Crippen molar-refractivity contribution in [3.63, 3.8) is 0 Å². The zero-order chi connectivity index (χ0) is 15.8. The van der Waals surface area contributed by atoms with Crippen molar-refractivity contribution < 1.29 is 18.7 Å². The second-order valence-corrected chi connectivity index (χ2v) is 5.37. The van der Waals surface area contributed by atoms with Crippen molar-refractivity contribution in [1.29, 1.82) is 0 Å². The van der Waals surface area contributed by atoms with Crippen LogP contribution in [0.25, 0.3) is 0 Å². The molecular weight excluding hydrogens is 287 g/mol. The summed E-state index contributed by atoms with van der Waals surface area (Å²) in [5.41, 5.74) is 0.836. The summed E-state index contributed by atoms with van der Waals surface area (Å²) in [4.78, 5) is 12.2. The SMILES string of the molecule is COCCOCc1cc(C(=O)N[C@H]2CCCNC2)ccc1F. The van der Waals surface area contributed by atoms with E-state index in [0.29, 0.717) is 24.3 Å². The van der Waals surface area contributed by atoms with E-state index in [2.05, 4.69) is 10.6 Å². The average Bonchev–Trinajstić information content (AvgIpc) is 2.54. The van der Waals surface area contributed by atoms with Gasteiger partial charge >= 0.3 is 0 Å². The van der Waals surface area contributed by atoms with E-state index in [0.717, 1.165) is 25.9 Å². The maximum Gasteiger partial charge on any atom is 0.251 e. The van der Waals surface area contributed by atoms with Crippen LogP contribution in [0.15, 0.2) is 18.2 Å². The van der Waals surface area contributed by atoms with Gasteiger partial charge in [-0.3, -0.25) is 4.79 Å². The van der Waals surface area contributed by atoms with Gasteiger partial charge in [-0.25, -0.2) is 4.39 Å². The Morgan fingerprint density at radius 2 is 2.32 bits per heavy atom. The summed E-state index contributed by atoms with van der Waals surface area (Å²) in [6.45, 7) is 2.74. The maximum absolute atomic E-state index is 13.7. The molecule has 2 N–H and O–H groups in total. The van der Waals surface area contributed by atoms with Crippen LogP contribution in [0.5, 0.6) is 0 Å². The number of hydrogen-bond acceptors (Lipinski definition) is 4. The summed E-state index contributed by atoms with van der Waals surface area (Å²) in [6.07, 6.45) is 2.01. The number of benzene rings is 1. The highest BCUT2D eigenvalue weighted by molar-refractivity contribution is 5.94. The van der Waals surface area contributed by atoms with Gasteiger partial charge in [0.1, 0.15) is 5.82 Å². The molecule has 1 atom stereocenters. The van der Waals surface area contributed by atoms with E-state index in [4.69, 9.17) is 9.47 Å². The summed E-state index contributed by atoms with van der Waals surface area (Å²) in [5.74, 6) is -0.542. The van der Waals surface area contributed by atoms with E-state index in [-0.39, 0.29) is 24.4 Å². The van der Waals surface area contributed by atoms with Crippen molar-refractivity contribution in [2.75, 3.05) is 33.4 Å². The first-order chi connectivity index (χ1) is 10.7. The summed E-state index contributed by atoms with van der Waals surface area (Å²) >= 11 is 0. The van der Waals surface area contributed by atoms with Gasteiger partial charge in [0, 0.05) is 30.8 Å². The smallest absolute Gasteiger partial charge is 0.251 e. The fourth-order valence-corrected chi connectivity index (χ4v) is 2.39. The number of halogens is 1. The first-order valence-corrected chi connectivity index (χ1v) is 7.57. The van der Waals surface area contributed by atoms with Crippen molar-refractivity contribution in [3.8, 4) is 0 Å². The first kappa shape index (κ1) is 16.9. The minimum atomic E-state index is -0.367. The molecule has 0 aromatic heterocycles. The predicted octanol–water partition coefficient (Wildman–Crippen LogP) is 1.47. The first-order valence-electron chi connectivity index (χ1n) is 7.57. The van der Waals surface area contributed by atoms with E-state index in [9.17, 15) is 9.18 Å². The maximum atomic E-state index is 13.7. The molecule has 0 spiro atoms. The van der Waals surface area contributed by atoms with Crippen LogP contribution in [0.3, 0.4) is 0 Å². The monoisotopic (exact) mass is 310 g/mol. The highest BCUT2D eigenvalue weighted by Gasteiger charge is 2.17. The lowest BCUT2D eigenvalue weighted by Crippen LogP contribution is -2.45. The van der Waals surface area contributed by atoms with Gasteiger partial charge in [0.25, 0.3) is 5.91 Å². The van der Waals surface area contributed by atoms with E-state index in [1.54, 1.807) is 13.2 Å². The Balaban J connectivity index is 1.93. The van der Waals surface area contributed by atoms with Crippen molar-refractivity contribution in [2.24, 2.45) is 0 Å². The molecule has 0 saturated carbocycles.